The molecule has 1 nitrogen and oxygen atoms in total. The van der Waals surface area contributed by atoms with E-state index in [0.29, 0.717) is 6.54 Å². The Bertz CT molecular complexity index is 439. The molecule has 2 aromatic rings. The Balaban J connectivity index is 2.02. The van der Waals surface area contributed by atoms with Crippen LogP contribution in [-0.2, 0) is 6.54 Å². The van der Waals surface area contributed by atoms with Gasteiger partial charge in [0.2, 0.25) is 0 Å². The lowest BCUT2D eigenvalue weighted by molar-refractivity contribution is 0.626. The third kappa shape index (κ3) is 3.20. The lowest BCUT2D eigenvalue weighted by Crippen LogP contribution is -1.99. The second-order valence-corrected chi connectivity index (χ2v) is 4.74. The number of rotatable bonds is 3. The van der Waals surface area contributed by atoms with Crippen LogP contribution in [0.4, 0.5) is 10.1 Å². The second kappa shape index (κ2) is 5.30. The van der Waals surface area contributed by atoms with E-state index >= 15 is 0 Å². The van der Waals surface area contributed by atoms with Crippen LogP contribution < -0.4 is 5.32 Å². The van der Waals surface area contributed by atoms with Gasteiger partial charge < -0.3 is 5.32 Å². The van der Waals surface area contributed by atoms with E-state index in [0.717, 1.165) is 11.3 Å². The number of hydrogen-bond acceptors (Lipinski definition) is 1. The Hall–Kier alpha value is -1.10. The van der Waals surface area contributed by atoms with Crippen molar-refractivity contribution in [2.24, 2.45) is 0 Å². The van der Waals surface area contributed by atoms with Crippen molar-refractivity contribution < 1.29 is 4.39 Å². The van der Waals surface area contributed by atoms with Gasteiger partial charge in [-0.15, -0.1) is 0 Å². The third-order valence-corrected chi connectivity index (χ3v) is 2.88. The highest BCUT2D eigenvalue weighted by atomic mass is 127. The summed E-state index contributed by atoms with van der Waals surface area (Å²) >= 11 is 2.27. The fraction of sp³-hybridized carbons (Fsp3) is 0.0769. The first-order chi connectivity index (χ1) is 7.74. The van der Waals surface area contributed by atoms with Crippen molar-refractivity contribution in [2.75, 3.05) is 5.32 Å². The van der Waals surface area contributed by atoms with Gasteiger partial charge in [0.1, 0.15) is 5.82 Å². The molecule has 82 valence electrons. The number of halogens is 2. The van der Waals surface area contributed by atoms with Crippen molar-refractivity contribution in [1.29, 1.82) is 0 Å². The monoisotopic (exact) mass is 327 g/mol. The van der Waals surface area contributed by atoms with Crippen LogP contribution >= 0.6 is 22.6 Å². The first-order valence-corrected chi connectivity index (χ1v) is 6.06. The maximum atomic E-state index is 12.9. The van der Waals surface area contributed by atoms with Gasteiger partial charge in [-0.2, -0.15) is 0 Å². The Kier molecular flexibility index (Phi) is 3.77. The molecule has 0 aromatic heterocycles. The van der Waals surface area contributed by atoms with Gasteiger partial charge in [0.05, 0.1) is 0 Å². The van der Waals surface area contributed by atoms with Crippen LogP contribution in [0, 0.1) is 9.39 Å². The molecule has 0 aliphatic carbocycles. The molecule has 0 spiro atoms. The summed E-state index contributed by atoms with van der Waals surface area (Å²) in [6.45, 7) is 0.637. The van der Waals surface area contributed by atoms with Crippen molar-refractivity contribution in [3.63, 3.8) is 0 Å². The quantitative estimate of drug-likeness (QED) is 0.839. The highest BCUT2D eigenvalue weighted by Gasteiger charge is 1.96. The SMILES string of the molecule is Fc1cccc(CNc2cccc(I)c2)c1. The molecule has 0 radical (unpaired) electrons. The Morgan fingerprint density at radius 3 is 2.62 bits per heavy atom. The molecule has 2 aromatic carbocycles. The van der Waals surface area contributed by atoms with E-state index in [-0.39, 0.29) is 5.82 Å². The van der Waals surface area contributed by atoms with Crippen molar-refractivity contribution in [2.45, 2.75) is 6.54 Å². The van der Waals surface area contributed by atoms with Gasteiger partial charge >= 0.3 is 0 Å². The highest BCUT2D eigenvalue weighted by Crippen LogP contribution is 2.13. The van der Waals surface area contributed by atoms with E-state index in [9.17, 15) is 4.39 Å². The third-order valence-electron chi connectivity index (χ3n) is 2.21. The minimum absolute atomic E-state index is 0.193. The zero-order chi connectivity index (χ0) is 11.4. The molecule has 1 N–H and O–H groups in total. The smallest absolute Gasteiger partial charge is 0.123 e. The van der Waals surface area contributed by atoms with Crippen molar-refractivity contribution in [1.82, 2.24) is 0 Å². The molecular weight excluding hydrogens is 316 g/mol. The molecule has 2 rings (SSSR count). The van der Waals surface area contributed by atoms with E-state index in [1.165, 1.54) is 9.64 Å². The van der Waals surface area contributed by atoms with Crippen LogP contribution in [0.5, 0.6) is 0 Å². The van der Waals surface area contributed by atoms with Crippen LogP contribution in [0.3, 0.4) is 0 Å². The van der Waals surface area contributed by atoms with Gasteiger partial charge in [0.25, 0.3) is 0 Å². The van der Waals surface area contributed by atoms with Crippen LogP contribution in [0.25, 0.3) is 0 Å². The zero-order valence-electron chi connectivity index (χ0n) is 8.58. The molecule has 16 heavy (non-hydrogen) atoms. The maximum Gasteiger partial charge on any atom is 0.123 e. The van der Waals surface area contributed by atoms with E-state index in [4.69, 9.17) is 0 Å². The van der Waals surface area contributed by atoms with Gasteiger partial charge in [0, 0.05) is 15.8 Å². The molecule has 0 unspecified atom stereocenters. The summed E-state index contributed by atoms with van der Waals surface area (Å²) in [7, 11) is 0. The Morgan fingerprint density at radius 1 is 1.06 bits per heavy atom. The molecule has 0 fully saturated rings. The van der Waals surface area contributed by atoms with E-state index in [1.807, 2.05) is 24.3 Å². The lowest BCUT2D eigenvalue weighted by atomic mass is 10.2. The lowest BCUT2D eigenvalue weighted by Gasteiger charge is -2.06. The van der Waals surface area contributed by atoms with Crippen LogP contribution in [0.15, 0.2) is 48.5 Å². The molecule has 3 heteroatoms. The van der Waals surface area contributed by atoms with Gasteiger partial charge in [-0.05, 0) is 58.5 Å². The van der Waals surface area contributed by atoms with Crippen LogP contribution in [-0.4, -0.2) is 0 Å². The predicted octanol–water partition coefficient (Wildman–Crippen LogP) is 4.04. The molecule has 0 saturated carbocycles. The number of hydrogen-bond donors (Lipinski definition) is 1. The second-order valence-electron chi connectivity index (χ2n) is 3.49. The van der Waals surface area contributed by atoms with Gasteiger partial charge in [-0.3, -0.25) is 0 Å². The fourth-order valence-corrected chi connectivity index (χ4v) is 1.99. The predicted molar refractivity (Wildman–Crippen MR) is 72.9 cm³/mol. The first kappa shape index (κ1) is 11.4. The summed E-state index contributed by atoms with van der Waals surface area (Å²) in [5, 5.41) is 3.26. The van der Waals surface area contributed by atoms with Crippen molar-refractivity contribution >= 4 is 28.3 Å². The average molecular weight is 327 g/mol. The van der Waals surface area contributed by atoms with E-state index < -0.39 is 0 Å². The molecule has 0 atom stereocenters. The number of anilines is 1. The van der Waals surface area contributed by atoms with Crippen LogP contribution in [0.2, 0.25) is 0 Å². The Morgan fingerprint density at radius 2 is 1.88 bits per heavy atom. The van der Waals surface area contributed by atoms with Crippen molar-refractivity contribution in [3.8, 4) is 0 Å². The summed E-state index contributed by atoms with van der Waals surface area (Å²) in [4.78, 5) is 0. The molecule has 0 heterocycles. The summed E-state index contributed by atoms with van der Waals surface area (Å²) in [6, 6.07) is 14.7. The van der Waals surface area contributed by atoms with Gasteiger partial charge in [0.15, 0.2) is 0 Å². The molecule has 0 aliphatic rings. The standard InChI is InChI=1S/C13H11FIN/c14-11-4-1-3-10(7-11)9-16-13-6-2-5-12(15)8-13/h1-8,16H,9H2. The summed E-state index contributed by atoms with van der Waals surface area (Å²) < 4.78 is 14.1. The minimum Gasteiger partial charge on any atom is -0.381 e. The molecule has 0 saturated heterocycles. The molecule has 0 amide bonds. The van der Waals surface area contributed by atoms with Gasteiger partial charge in [-0.25, -0.2) is 4.39 Å². The largest absolute Gasteiger partial charge is 0.381 e. The van der Waals surface area contributed by atoms with E-state index in [1.54, 1.807) is 12.1 Å². The first-order valence-electron chi connectivity index (χ1n) is 4.98. The topological polar surface area (TPSA) is 12.0 Å². The fourth-order valence-electron chi connectivity index (χ4n) is 1.45. The van der Waals surface area contributed by atoms with Gasteiger partial charge in [-0.1, -0.05) is 18.2 Å². The zero-order valence-corrected chi connectivity index (χ0v) is 10.7. The average Bonchev–Trinajstić information content (AvgIpc) is 2.27. The molecular formula is C13H11FIN. The summed E-state index contributed by atoms with van der Waals surface area (Å²) in [6.07, 6.45) is 0. The molecule has 0 aliphatic heterocycles. The number of benzene rings is 2. The highest BCUT2D eigenvalue weighted by molar-refractivity contribution is 14.1. The number of nitrogens with one attached hydrogen (secondary N) is 1. The summed E-state index contributed by atoms with van der Waals surface area (Å²) in [5.74, 6) is -0.193. The van der Waals surface area contributed by atoms with Crippen molar-refractivity contribution in [3.05, 3.63) is 63.5 Å². The van der Waals surface area contributed by atoms with Crippen LogP contribution in [0.1, 0.15) is 5.56 Å². The maximum absolute atomic E-state index is 12.9. The normalized spacial score (nSPS) is 10.1. The summed E-state index contributed by atoms with van der Waals surface area (Å²) in [5.41, 5.74) is 2.00. The minimum atomic E-state index is -0.193. The van der Waals surface area contributed by atoms with E-state index in [2.05, 4.69) is 34.0 Å². The molecule has 0 bridgehead atoms. The Labute approximate surface area is 108 Å².